The number of hydrogen-bond donors (Lipinski definition) is 1. The molecular weight excluding hydrogens is 307 g/mol. The minimum Gasteiger partial charge on any atom is -0.476 e. The van der Waals surface area contributed by atoms with Crippen LogP contribution >= 0.6 is 15.9 Å². The maximum absolute atomic E-state index is 12.9. The van der Waals surface area contributed by atoms with Crippen molar-refractivity contribution in [2.75, 3.05) is 0 Å². The topological polar surface area (TPSA) is 72.2 Å². The van der Waals surface area contributed by atoms with E-state index in [9.17, 15) is 14.0 Å². The number of nitrogens with zero attached hydrogens (tertiary/aromatic N) is 2. The molecule has 0 saturated heterocycles. The molecule has 1 N–H and O–H groups in total. The second kappa shape index (κ2) is 4.69. The summed E-state index contributed by atoms with van der Waals surface area (Å²) in [6.45, 7) is 0. The van der Waals surface area contributed by atoms with Gasteiger partial charge in [-0.3, -0.25) is 4.79 Å². The van der Waals surface area contributed by atoms with E-state index in [1.54, 1.807) is 0 Å². The Morgan fingerprint density at radius 2 is 2.11 bits per heavy atom. The molecule has 0 amide bonds. The van der Waals surface area contributed by atoms with E-state index < -0.39 is 22.9 Å². The van der Waals surface area contributed by atoms with E-state index in [2.05, 4.69) is 21.0 Å². The molecule has 0 aliphatic heterocycles. The summed E-state index contributed by atoms with van der Waals surface area (Å²) in [5.74, 6) is -1.85. The van der Waals surface area contributed by atoms with E-state index in [1.807, 2.05) is 0 Å². The van der Waals surface area contributed by atoms with Crippen LogP contribution in [-0.2, 0) is 0 Å². The number of hydrogen-bond acceptors (Lipinski definition) is 3. The number of halogens is 2. The maximum atomic E-state index is 12.9. The fourth-order valence-corrected chi connectivity index (χ4v) is 1.89. The van der Waals surface area contributed by atoms with Crippen LogP contribution in [0.2, 0.25) is 0 Å². The molecule has 0 radical (unpaired) electrons. The molecule has 0 fully saturated rings. The lowest BCUT2D eigenvalue weighted by Crippen LogP contribution is -2.20. The van der Waals surface area contributed by atoms with Crippen molar-refractivity contribution in [3.8, 4) is 5.69 Å². The van der Waals surface area contributed by atoms with Crippen molar-refractivity contribution in [3.05, 3.63) is 56.7 Å². The van der Waals surface area contributed by atoms with E-state index in [0.717, 1.165) is 6.07 Å². The van der Waals surface area contributed by atoms with Gasteiger partial charge in [0, 0.05) is 16.7 Å². The fraction of sp³-hybridized carbons (Fsp3) is 0. The van der Waals surface area contributed by atoms with Gasteiger partial charge < -0.3 is 5.11 Å². The van der Waals surface area contributed by atoms with Crippen LogP contribution in [0.4, 0.5) is 4.39 Å². The predicted molar refractivity (Wildman–Crippen MR) is 64.5 cm³/mol. The molecule has 0 spiro atoms. The summed E-state index contributed by atoms with van der Waals surface area (Å²) in [4.78, 5) is 22.1. The average molecular weight is 313 g/mol. The first-order valence-electron chi connectivity index (χ1n) is 4.78. The number of aromatic nitrogens is 2. The lowest BCUT2D eigenvalue weighted by atomic mass is 10.3. The highest BCUT2D eigenvalue weighted by Crippen LogP contribution is 2.20. The number of carbonyl (C=O) groups is 1. The van der Waals surface area contributed by atoms with Crippen molar-refractivity contribution in [1.29, 1.82) is 0 Å². The number of carboxylic acids is 1. The van der Waals surface area contributed by atoms with E-state index in [-0.39, 0.29) is 0 Å². The molecule has 0 bridgehead atoms. The zero-order valence-corrected chi connectivity index (χ0v) is 10.4. The van der Waals surface area contributed by atoms with Crippen LogP contribution < -0.4 is 5.43 Å². The quantitative estimate of drug-likeness (QED) is 0.918. The van der Waals surface area contributed by atoms with Gasteiger partial charge in [0.25, 0.3) is 0 Å². The van der Waals surface area contributed by atoms with Crippen molar-refractivity contribution in [2.45, 2.75) is 0 Å². The standard InChI is InChI=1S/C11H6BrFN2O3/c12-7-5-6(13)1-2-8(7)15-4-3-9(16)10(14-15)11(17)18/h1-5H,(H,17,18). The third kappa shape index (κ3) is 2.30. The molecule has 0 saturated carbocycles. The Morgan fingerprint density at radius 3 is 2.72 bits per heavy atom. The molecule has 0 unspecified atom stereocenters. The number of benzene rings is 1. The Kier molecular flexibility index (Phi) is 3.24. The molecule has 18 heavy (non-hydrogen) atoms. The summed E-state index contributed by atoms with van der Waals surface area (Å²) < 4.78 is 14.5. The first kappa shape index (κ1) is 12.4. The lowest BCUT2D eigenvalue weighted by molar-refractivity contribution is 0.0687. The van der Waals surface area contributed by atoms with Gasteiger partial charge in [-0.15, -0.1) is 0 Å². The average Bonchev–Trinajstić information content (AvgIpc) is 2.30. The van der Waals surface area contributed by atoms with Crippen LogP contribution in [-0.4, -0.2) is 20.9 Å². The molecular formula is C11H6BrFN2O3. The van der Waals surface area contributed by atoms with E-state index in [1.165, 1.54) is 29.1 Å². The van der Waals surface area contributed by atoms with Crippen molar-refractivity contribution >= 4 is 21.9 Å². The molecule has 0 aliphatic carbocycles. The van der Waals surface area contributed by atoms with Crippen molar-refractivity contribution < 1.29 is 14.3 Å². The van der Waals surface area contributed by atoms with Gasteiger partial charge in [0.1, 0.15) is 5.82 Å². The van der Waals surface area contributed by atoms with Crippen LogP contribution in [0.25, 0.3) is 5.69 Å². The summed E-state index contributed by atoms with van der Waals surface area (Å²) in [5.41, 5.74) is -0.843. The summed E-state index contributed by atoms with van der Waals surface area (Å²) >= 11 is 3.14. The normalized spacial score (nSPS) is 10.3. The molecule has 7 heteroatoms. The third-order valence-electron chi connectivity index (χ3n) is 2.17. The van der Waals surface area contributed by atoms with Crippen molar-refractivity contribution in [2.24, 2.45) is 0 Å². The Balaban J connectivity index is 2.61. The molecule has 92 valence electrons. The van der Waals surface area contributed by atoms with Crippen molar-refractivity contribution in [1.82, 2.24) is 9.78 Å². The summed E-state index contributed by atoms with van der Waals surface area (Å²) in [6, 6.07) is 4.94. The number of carboxylic acid groups (broad SMARTS) is 1. The first-order chi connectivity index (χ1) is 8.49. The third-order valence-corrected chi connectivity index (χ3v) is 2.80. The molecule has 2 aromatic rings. The SMILES string of the molecule is O=C(O)c1nn(-c2ccc(F)cc2Br)ccc1=O. The lowest BCUT2D eigenvalue weighted by Gasteiger charge is -2.07. The monoisotopic (exact) mass is 312 g/mol. The smallest absolute Gasteiger partial charge is 0.360 e. The maximum Gasteiger partial charge on any atom is 0.360 e. The van der Waals surface area contributed by atoms with Crippen LogP contribution in [0.3, 0.4) is 0 Å². The summed E-state index contributed by atoms with van der Waals surface area (Å²) in [6.07, 6.45) is 1.31. The van der Waals surface area contributed by atoms with Gasteiger partial charge in [-0.25, -0.2) is 13.9 Å². The van der Waals surface area contributed by atoms with Gasteiger partial charge in [0.2, 0.25) is 11.1 Å². The van der Waals surface area contributed by atoms with Crippen LogP contribution in [0, 0.1) is 5.82 Å². The Hall–Kier alpha value is -2.02. The Bertz CT molecular complexity index is 684. The second-order valence-corrected chi connectivity index (χ2v) is 4.23. The van der Waals surface area contributed by atoms with Gasteiger partial charge in [-0.05, 0) is 34.1 Å². The molecule has 1 aromatic heterocycles. The second-order valence-electron chi connectivity index (χ2n) is 3.37. The minimum atomic E-state index is -1.41. The molecule has 0 atom stereocenters. The number of rotatable bonds is 2. The molecule has 2 rings (SSSR count). The highest BCUT2D eigenvalue weighted by Gasteiger charge is 2.12. The summed E-state index contributed by atoms with van der Waals surface area (Å²) in [5, 5.41) is 12.5. The van der Waals surface area contributed by atoms with Crippen molar-refractivity contribution in [3.63, 3.8) is 0 Å². The van der Waals surface area contributed by atoms with Gasteiger partial charge in [0.05, 0.1) is 5.69 Å². The fourth-order valence-electron chi connectivity index (χ4n) is 1.36. The van der Waals surface area contributed by atoms with E-state index >= 15 is 0 Å². The molecule has 1 heterocycles. The Labute approximate surface area is 109 Å². The predicted octanol–water partition coefficient (Wildman–Crippen LogP) is 1.83. The molecule has 5 nitrogen and oxygen atoms in total. The highest BCUT2D eigenvalue weighted by molar-refractivity contribution is 9.10. The molecule has 0 aliphatic rings. The van der Waals surface area contributed by atoms with Gasteiger partial charge in [0.15, 0.2) is 0 Å². The van der Waals surface area contributed by atoms with Crippen LogP contribution in [0.5, 0.6) is 0 Å². The Morgan fingerprint density at radius 1 is 1.39 bits per heavy atom. The largest absolute Gasteiger partial charge is 0.476 e. The zero-order chi connectivity index (χ0) is 13.3. The minimum absolute atomic E-state index is 0.398. The van der Waals surface area contributed by atoms with Crippen LogP contribution in [0.1, 0.15) is 10.5 Å². The van der Waals surface area contributed by atoms with Crippen LogP contribution in [0.15, 0.2) is 39.7 Å². The summed E-state index contributed by atoms with van der Waals surface area (Å²) in [7, 11) is 0. The van der Waals surface area contributed by atoms with E-state index in [0.29, 0.717) is 10.2 Å². The highest BCUT2D eigenvalue weighted by atomic mass is 79.9. The van der Waals surface area contributed by atoms with Gasteiger partial charge in [-0.2, -0.15) is 5.10 Å². The zero-order valence-electron chi connectivity index (χ0n) is 8.80. The molecule has 1 aromatic carbocycles. The van der Waals surface area contributed by atoms with Gasteiger partial charge in [-0.1, -0.05) is 0 Å². The van der Waals surface area contributed by atoms with Gasteiger partial charge >= 0.3 is 5.97 Å². The first-order valence-corrected chi connectivity index (χ1v) is 5.57. The number of aromatic carboxylic acids is 1. The van der Waals surface area contributed by atoms with E-state index in [4.69, 9.17) is 5.11 Å².